The zero-order valence-corrected chi connectivity index (χ0v) is 16.8. The highest BCUT2D eigenvalue weighted by atomic mass is 31.2. The maximum absolute atomic E-state index is 10.4. The molecule has 11 heteroatoms. The molecule has 0 aromatic carbocycles. The number of nitrogen functional groups attached to an aromatic ring is 1. The van der Waals surface area contributed by atoms with Gasteiger partial charge in [-0.15, -0.1) is 0 Å². The smallest absolute Gasteiger partial charge is 0.256 e. The van der Waals surface area contributed by atoms with Gasteiger partial charge >= 0.3 is 0 Å². The van der Waals surface area contributed by atoms with Crippen LogP contribution in [0.2, 0.25) is 0 Å². The van der Waals surface area contributed by atoms with E-state index in [1.165, 1.54) is 6.33 Å². The van der Waals surface area contributed by atoms with Crippen molar-refractivity contribution in [3.05, 3.63) is 12.7 Å². The summed E-state index contributed by atoms with van der Waals surface area (Å²) in [5.41, 5.74) is 6.86. The van der Waals surface area contributed by atoms with E-state index < -0.39 is 27.0 Å². The van der Waals surface area contributed by atoms with Crippen molar-refractivity contribution in [2.24, 2.45) is 0 Å². The molecule has 1 unspecified atom stereocenters. The Balaban J connectivity index is 1.65. The minimum Gasteiger partial charge on any atom is -0.390 e. The average molecular weight is 398 g/mol. The fraction of sp³-hybridized carbons (Fsp3) is 0.688. The number of ether oxygens (including phenoxy) is 1. The molecular formula is C16H27N6O4P. The molecule has 0 spiro atoms. The first kappa shape index (κ1) is 20.3. The van der Waals surface area contributed by atoms with Gasteiger partial charge in [0.2, 0.25) is 0 Å². The topological polar surface area (TPSA) is 132 Å². The van der Waals surface area contributed by atoms with Crippen LogP contribution >= 0.6 is 8.53 Å². The quantitative estimate of drug-likeness (QED) is 0.592. The maximum atomic E-state index is 10.4. The molecule has 2 aromatic heterocycles. The Labute approximate surface area is 159 Å². The van der Waals surface area contributed by atoms with Crippen LogP contribution in [0, 0.1) is 0 Å². The van der Waals surface area contributed by atoms with Crippen molar-refractivity contribution >= 4 is 25.5 Å². The van der Waals surface area contributed by atoms with Crippen molar-refractivity contribution in [3.63, 3.8) is 0 Å². The molecule has 3 rings (SSSR count). The Morgan fingerprint density at radius 3 is 2.70 bits per heavy atom. The molecule has 27 heavy (non-hydrogen) atoms. The zero-order chi connectivity index (χ0) is 19.7. The molecule has 0 amide bonds. The number of aliphatic hydroxyl groups is 1. The number of aliphatic hydroxyl groups excluding tert-OH is 1. The Kier molecular flexibility index (Phi) is 6.25. The minimum atomic E-state index is -1.76. The largest absolute Gasteiger partial charge is 0.390 e. The van der Waals surface area contributed by atoms with Gasteiger partial charge in [-0.25, -0.2) is 19.6 Å². The van der Waals surface area contributed by atoms with Crippen molar-refractivity contribution < 1.29 is 19.3 Å². The van der Waals surface area contributed by atoms with Crippen LogP contribution in [0.25, 0.3) is 11.2 Å². The van der Waals surface area contributed by atoms with Crippen LogP contribution in [0.1, 0.15) is 40.3 Å². The summed E-state index contributed by atoms with van der Waals surface area (Å²) in [6.07, 6.45) is 1.60. The highest BCUT2D eigenvalue weighted by Gasteiger charge is 2.37. The fourth-order valence-electron chi connectivity index (χ4n) is 3.31. The van der Waals surface area contributed by atoms with Gasteiger partial charge in [-0.3, -0.25) is 4.57 Å². The molecule has 0 aliphatic carbocycles. The van der Waals surface area contributed by atoms with E-state index in [9.17, 15) is 10.00 Å². The summed E-state index contributed by atoms with van der Waals surface area (Å²) in [4.78, 5) is 22.8. The van der Waals surface area contributed by atoms with Crippen LogP contribution in [-0.4, -0.2) is 65.1 Å². The summed E-state index contributed by atoms with van der Waals surface area (Å²) in [5, 5.41) is 10.4. The van der Waals surface area contributed by atoms with Crippen LogP contribution in [0.3, 0.4) is 0 Å². The average Bonchev–Trinajstić information content (AvgIpc) is 3.16. The minimum absolute atomic E-state index is 0.0968. The molecule has 4 atom stereocenters. The molecule has 1 fully saturated rings. The standard InChI is InChI=1S/C16H27N6O4P/c1-9(2)22(10(3)4)27(24)25-6-12-11(23)5-13(26-12)21-8-20-14-15(17)18-7-19-16(14)21/h7-13,23-24H,5-6H2,1-4H3,(H2,17,18,19)/t11-,12+,13+,27?/m0/s1. The van der Waals surface area contributed by atoms with Crippen LogP contribution in [0.15, 0.2) is 12.7 Å². The van der Waals surface area contributed by atoms with E-state index in [-0.39, 0.29) is 18.7 Å². The molecule has 2 aromatic rings. The van der Waals surface area contributed by atoms with E-state index in [1.807, 2.05) is 32.4 Å². The number of aromatic nitrogens is 4. The van der Waals surface area contributed by atoms with E-state index >= 15 is 0 Å². The number of hydrogen-bond donors (Lipinski definition) is 3. The highest BCUT2D eigenvalue weighted by molar-refractivity contribution is 7.43. The second-order valence-corrected chi connectivity index (χ2v) is 8.36. The number of hydrogen-bond acceptors (Lipinski definition) is 9. The van der Waals surface area contributed by atoms with Gasteiger partial charge < -0.3 is 25.0 Å². The van der Waals surface area contributed by atoms with Crippen molar-refractivity contribution in [1.29, 1.82) is 0 Å². The van der Waals surface area contributed by atoms with Gasteiger partial charge in [-0.05, 0) is 27.7 Å². The van der Waals surface area contributed by atoms with Gasteiger partial charge in [0.25, 0.3) is 8.53 Å². The van der Waals surface area contributed by atoms with Gasteiger partial charge in [-0.1, -0.05) is 0 Å². The van der Waals surface area contributed by atoms with Crippen molar-refractivity contribution in [1.82, 2.24) is 24.2 Å². The maximum Gasteiger partial charge on any atom is 0.256 e. The Morgan fingerprint density at radius 2 is 2.04 bits per heavy atom. The highest BCUT2D eigenvalue weighted by Crippen LogP contribution is 2.41. The number of nitrogens with two attached hydrogens (primary N) is 1. The van der Waals surface area contributed by atoms with E-state index in [4.69, 9.17) is 15.0 Å². The third-order valence-corrected chi connectivity index (χ3v) is 6.21. The monoisotopic (exact) mass is 398 g/mol. The Hall–Kier alpha value is -1.42. The second-order valence-electron chi connectivity index (χ2n) is 7.13. The van der Waals surface area contributed by atoms with E-state index in [0.717, 1.165) is 0 Å². The van der Waals surface area contributed by atoms with E-state index in [2.05, 4.69) is 15.0 Å². The number of rotatable bonds is 7. The summed E-state index contributed by atoms with van der Waals surface area (Å²) in [5.74, 6) is 0.297. The third kappa shape index (κ3) is 4.21. The first-order valence-corrected chi connectivity index (χ1v) is 10.1. The molecule has 0 bridgehead atoms. The Morgan fingerprint density at radius 1 is 1.33 bits per heavy atom. The molecule has 10 nitrogen and oxygen atoms in total. The predicted molar refractivity (Wildman–Crippen MR) is 101 cm³/mol. The van der Waals surface area contributed by atoms with Gasteiger partial charge in [0.1, 0.15) is 24.2 Å². The second kappa shape index (κ2) is 8.30. The third-order valence-electron chi connectivity index (χ3n) is 4.51. The van der Waals surface area contributed by atoms with Crippen molar-refractivity contribution in [2.45, 2.75) is 64.6 Å². The van der Waals surface area contributed by atoms with Gasteiger partial charge in [0.15, 0.2) is 11.5 Å². The number of nitrogens with zero attached hydrogens (tertiary/aromatic N) is 5. The number of anilines is 1. The summed E-state index contributed by atoms with van der Waals surface area (Å²) >= 11 is 0. The first-order chi connectivity index (χ1) is 12.8. The normalized spacial score (nSPS) is 24.6. The SMILES string of the molecule is CC(C)N(C(C)C)P(O)OC[C@H]1O[C@@H](n2cnc3c(N)ncnc32)C[C@@H]1O. The lowest BCUT2D eigenvalue weighted by molar-refractivity contribution is -0.0397. The lowest BCUT2D eigenvalue weighted by Crippen LogP contribution is -2.34. The first-order valence-electron chi connectivity index (χ1n) is 8.96. The summed E-state index contributed by atoms with van der Waals surface area (Å²) in [6.45, 7) is 8.11. The molecule has 1 aliphatic heterocycles. The van der Waals surface area contributed by atoms with Gasteiger partial charge in [0, 0.05) is 18.5 Å². The van der Waals surface area contributed by atoms with Gasteiger partial charge in [0.05, 0.1) is 19.0 Å². The molecular weight excluding hydrogens is 371 g/mol. The molecule has 3 heterocycles. The molecule has 4 N–H and O–H groups in total. The summed E-state index contributed by atoms with van der Waals surface area (Å²) in [6, 6.07) is 0.288. The van der Waals surface area contributed by atoms with Crippen molar-refractivity contribution in [2.75, 3.05) is 12.3 Å². The predicted octanol–water partition coefficient (Wildman–Crippen LogP) is 1.41. The fourth-order valence-corrected chi connectivity index (χ4v) is 4.52. The molecule has 1 saturated heterocycles. The molecule has 0 radical (unpaired) electrons. The lowest BCUT2D eigenvalue weighted by Gasteiger charge is -2.33. The van der Waals surface area contributed by atoms with Crippen LogP contribution in [0.5, 0.6) is 0 Å². The van der Waals surface area contributed by atoms with Crippen molar-refractivity contribution in [3.8, 4) is 0 Å². The van der Waals surface area contributed by atoms with Gasteiger partial charge in [-0.2, -0.15) is 0 Å². The number of fused-ring (bicyclic) bond motifs is 1. The molecule has 150 valence electrons. The summed E-state index contributed by atoms with van der Waals surface area (Å²) < 4.78 is 15.2. The lowest BCUT2D eigenvalue weighted by atomic mass is 10.2. The van der Waals surface area contributed by atoms with E-state index in [0.29, 0.717) is 23.4 Å². The van der Waals surface area contributed by atoms with Crippen LogP contribution in [-0.2, 0) is 9.26 Å². The summed E-state index contributed by atoms with van der Waals surface area (Å²) in [7, 11) is -1.76. The zero-order valence-electron chi connectivity index (χ0n) is 15.9. The van der Waals surface area contributed by atoms with Crippen LogP contribution < -0.4 is 5.73 Å². The Bertz CT molecular complexity index is 764. The number of imidazole rings is 1. The molecule has 0 saturated carbocycles. The van der Waals surface area contributed by atoms with E-state index in [1.54, 1.807) is 10.9 Å². The van der Waals surface area contributed by atoms with Crippen LogP contribution in [0.4, 0.5) is 5.82 Å². The molecule has 1 aliphatic rings.